The molecular weight excluding hydrogens is 281 g/mol. The molecule has 1 aromatic carbocycles. The summed E-state index contributed by atoms with van der Waals surface area (Å²) in [6, 6.07) is 4.61. The molecule has 0 aromatic heterocycles. The SMILES string of the molecule is CSC1(CNCc2ccc(F)cc2Cl)CCCCC1. The molecular formula is C15H21ClFNS. The standard InChI is InChI=1S/C15H21ClFNS/c1-19-15(7-3-2-4-8-15)11-18-10-12-5-6-13(17)9-14(12)16/h5-6,9,18H,2-4,7-8,10-11H2,1H3. The summed E-state index contributed by atoms with van der Waals surface area (Å²) < 4.78 is 13.3. The zero-order valence-electron chi connectivity index (χ0n) is 11.3. The van der Waals surface area contributed by atoms with Crippen LogP contribution in [0.1, 0.15) is 37.7 Å². The number of hydrogen-bond donors (Lipinski definition) is 1. The van der Waals surface area contributed by atoms with Gasteiger partial charge in [-0.2, -0.15) is 11.8 Å². The van der Waals surface area contributed by atoms with Crippen molar-refractivity contribution in [2.45, 2.75) is 43.4 Å². The molecule has 1 fully saturated rings. The fourth-order valence-electron chi connectivity index (χ4n) is 2.74. The van der Waals surface area contributed by atoms with Gasteiger partial charge in [0.1, 0.15) is 5.82 Å². The van der Waals surface area contributed by atoms with Gasteiger partial charge >= 0.3 is 0 Å². The average Bonchev–Trinajstić information content (AvgIpc) is 2.42. The van der Waals surface area contributed by atoms with Crippen molar-refractivity contribution in [2.24, 2.45) is 0 Å². The summed E-state index contributed by atoms with van der Waals surface area (Å²) in [4.78, 5) is 0. The average molecular weight is 302 g/mol. The molecule has 4 heteroatoms. The molecule has 0 amide bonds. The molecule has 1 saturated carbocycles. The third-order valence-corrected chi connectivity index (χ3v) is 5.75. The summed E-state index contributed by atoms with van der Waals surface area (Å²) in [5.74, 6) is -0.276. The molecule has 0 spiro atoms. The molecule has 0 aliphatic heterocycles. The molecule has 1 aliphatic carbocycles. The maximum atomic E-state index is 13.0. The van der Waals surface area contributed by atoms with E-state index >= 15 is 0 Å². The molecule has 1 nitrogen and oxygen atoms in total. The van der Waals surface area contributed by atoms with Gasteiger partial charge in [-0.05, 0) is 36.8 Å². The Morgan fingerprint density at radius 2 is 2.05 bits per heavy atom. The van der Waals surface area contributed by atoms with Crippen molar-refractivity contribution >= 4 is 23.4 Å². The van der Waals surface area contributed by atoms with Crippen LogP contribution in [0.25, 0.3) is 0 Å². The van der Waals surface area contributed by atoms with Crippen LogP contribution in [0, 0.1) is 5.82 Å². The quantitative estimate of drug-likeness (QED) is 0.850. The molecule has 1 aromatic rings. The van der Waals surface area contributed by atoms with Crippen LogP contribution in [0.15, 0.2) is 18.2 Å². The second kappa shape index (κ2) is 6.96. The van der Waals surface area contributed by atoms with Crippen LogP contribution in [0.4, 0.5) is 4.39 Å². The van der Waals surface area contributed by atoms with Crippen molar-refractivity contribution in [1.82, 2.24) is 5.32 Å². The smallest absolute Gasteiger partial charge is 0.124 e. The topological polar surface area (TPSA) is 12.0 Å². The highest BCUT2D eigenvalue weighted by Gasteiger charge is 2.30. The largest absolute Gasteiger partial charge is 0.311 e. The van der Waals surface area contributed by atoms with E-state index < -0.39 is 0 Å². The number of halogens is 2. The third kappa shape index (κ3) is 4.11. The van der Waals surface area contributed by atoms with E-state index in [0.29, 0.717) is 16.3 Å². The minimum atomic E-state index is -0.276. The number of hydrogen-bond acceptors (Lipinski definition) is 2. The Morgan fingerprint density at radius 1 is 1.32 bits per heavy atom. The van der Waals surface area contributed by atoms with Gasteiger partial charge in [0.25, 0.3) is 0 Å². The lowest BCUT2D eigenvalue weighted by Crippen LogP contribution is -2.39. The Labute approximate surface area is 124 Å². The molecule has 19 heavy (non-hydrogen) atoms. The lowest BCUT2D eigenvalue weighted by molar-refractivity contribution is 0.379. The van der Waals surface area contributed by atoms with Gasteiger partial charge in [0.05, 0.1) is 0 Å². The van der Waals surface area contributed by atoms with E-state index in [1.165, 1.54) is 44.2 Å². The third-order valence-electron chi connectivity index (χ3n) is 3.98. The van der Waals surface area contributed by atoms with E-state index in [-0.39, 0.29) is 5.82 Å². The van der Waals surface area contributed by atoms with Gasteiger partial charge in [-0.1, -0.05) is 36.9 Å². The van der Waals surface area contributed by atoms with Crippen molar-refractivity contribution < 1.29 is 4.39 Å². The van der Waals surface area contributed by atoms with Crippen molar-refractivity contribution in [3.8, 4) is 0 Å². The zero-order valence-corrected chi connectivity index (χ0v) is 12.9. The predicted molar refractivity (Wildman–Crippen MR) is 82.4 cm³/mol. The Hall–Kier alpha value is -0.250. The summed E-state index contributed by atoms with van der Waals surface area (Å²) >= 11 is 8.01. The molecule has 2 rings (SSSR count). The van der Waals surface area contributed by atoms with Crippen LogP contribution in [0.2, 0.25) is 5.02 Å². The monoisotopic (exact) mass is 301 g/mol. The summed E-state index contributed by atoms with van der Waals surface area (Å²) in [5, 5.41) is 4.00. The fourth-order valence-corrected chi connectivity index (χ4v) is 3.92. The van der Waals surface area contributed by atoms with Gasteiger partial charge in [-0.15, -0.1) is 0 Å². The van der Waals surface area contributed by atoms with Gasteiger partial charge in [-0.25, -0.2) is 4.39 Å². The highest BCUT2D eigenvalue weighted by molar-refractivity contribution is 8.00. The van der Waals surface area contributed by atoms with Gasteiger partial charge in [0, 0.05) is 22.9 Å². The molecule has 0 radical (unpaired) electrons. The Morgan fingerprint density at radius 3 is 2.68 bits per heavy atom. The highest BCUT2D eigenvalue weighted by Crippen LogP contribution is 2.38. The molecule has 0 bridgehead atoms. The van der Waals surface area contributed by atoms with Crippen LogP contribution in [0.5, 0.6) is 0 Å². The van der Waals surface area contributed by atoms with Crippen molar-refractivity contribution in [2.75, 3.05) is 12.8 Å². The predicted octanol–water partition coefficient (Wildman–Crippen LogP) is 4.63. The second-order valence-electron chi connectivity index (χ2n) is 5.29. The molecule has 1 N–H and O–H groups in total. The van der Waals surface area contributed by atoms with Gasteiger partial charge < -0.3 is 5.32 Å². The maximum Gasteiger partial charge on any atom is 0.124 e. The molecule has 0 heterocycles. The first-order valence-electron chi connectivity index (χ1n) is 6.85. The van der Waals surface area contributed by atoms with E-state index in [1.54, 1.807) is 6.07 Å². The van der Waals surface area contributed by atoms with Crippen LogP contribution in [-0.4, -0.2) is 17.5 Å². The van der Waals surface area contributed by atoms with Crippen LogP contribution < -0.4 is 5.32 Å². The van der Waals surface area contributed by atoms with Gasteiger partial charge in [0.15, 0.2) is 0 Å². The van der Waals surface area contributed by atoms with E-state index in [9.17, 15) is 4.39 Å². The maximum absolute atomic E-state index is 13.0. The lowest BCUT2D eigenvalue weighted by Gasteiger charge is -2.36. The number of nitrogens with one attached hydrogen (secondary N) is 1. The van der Waals surface area contributed by atoms with Crippen molar-refractivity contribution in [1.29, 1.82) is 0 Å². The van der Waals surface area contributed by atoms with Gasteiger partial charge in [-0.3, -0.25) is 0 Å². The van der Waals surface area contributed by atoms with Crippen molar-refractivity contribution in [3.63, 3.8) is 0 Å². The number of thioether (sulfide) groups is 1. The van der Waals surface area contributed by atoms with Crippen LogP contribution in [-0.2, 0) is 6.54 Å². The molecule has 106 valence electrons. The van der Waals surface area contributed by atoms with E-state index in [1.807, 2.05) is 11.8 Å². The molecule has 0 unspecified atom stereocenters. The first kappa shape index (κ1) is 15.1. The van der Waals surface area contributed by atoms with Crippen LogP contribution >= 0.6 is 23.4 Å². The van der Waals surface area contributed by atoms with Crippen molar-refractivity contribution in [3.05, 3.63) is 34.6 Å². The second-order valence-corrected chi connectivity index (χ2v) is 6.97. The Kier molecular flexibility index (Phi) is 5.55. The lowest BCUT2D eigenvalue weighted by atomic mass is 9.88. The number of benzene rings is 1. The summed E-state index contributed by atoms with van der Waals surface area (Å²) in [7, 11) is 0. The summed E-state index contributed by atoms with van der Waals surface area (Å²) in [5.41, 5.74) is 0.968. The molecule has 0 atom stereocenters. The molecule has 1 aliphatic rings. The number of rotatable bonds is 5. The van der Waals surface area contributed by atoms with E-state index in [2.05, 4.69) is 11.6 Å². The first-order valence-corrected chi connectivity index (χ1v) is 8.45. The first-order chi connectivity index (χ1) is 9.15. The minimum Gasteiger partial charge on any atom is -0.311 e. The fraction of sp³-hybridized carbons (Fsp3) is 0.600. The van der Waals surface area contributed by atoms with E-state index in [4.69, 9.17) is 11.6 Å². The van der Waals surface area contributed by atoms with Crippen LogP contribution in [0.3, 0.4) is 0 Å². The normalized spacial score (nSPS) is 18.5. The minimum absolute atomic E-state index is 0.276. The molecule has 0 saturated heterocycles. The van der Waals surface area contributed by atoms with E-state index in [0.717, 1.165) is 12.1 Å². The highest BCUT2D eigenvalue weighted by atomic mass is 35.5. The summed E-state index contributed by atoms with van der Waals surface area (Å²) in [6.45, 7) is 1.71. The van der Waals surface area contributed by atoms with Gasteiger partial charge in [0.2, 0.25) is 0 Å². The Bertz CT molecular complexity index is 419. The summed E-state index contributed by atoms with van der Waals surface area (Å²) in [6.07, 6.45) is 8.82. The Balaban J connectivity index is 1.88. The zero-order chi connectivity index (χ0) is 13.7.